The molecule has 3 aromatic rings. The predicted octanol–water partition coefficient (Wildman–Crippen LogP) is 4.45. The van der Waals surface area contributed by atoms with Gasteiger partial charge < -0.3 is 14.8 Å². The summed E-state index contributed by atoms with van der Waals surface area (Å²) in [6, 6.07) is 12.4. The van der Waals surface area contributed by atoms with Gasteiger partial charge in [0, 0.05) is 6.07 Å². The van der Waals surface area contributed by atoms with E-state index in [1.165, 1.54) is 24.3 Å². The van der Waals surface area contributed by atoms with E-state index in [1.54, 1.807) is 0 Å². The quantitative estimate of drug-likeness (QED) is 0.496. The zero-order valence-electron chi connectivity index (χ0n) is 17.9. The number of hydrogen-bond acceptors (Lipinski definition) is 5. The van der Waals surface area contributed by atoms with Crippen LogP contribution in [-0.2, 0) is 21.0 Å². The molecule has 7 nitrogen and oxygen atoms in total. The van der Waals surface area contributed by atoms with E-state index in [0.29, 0.717) is 16.7 Å². The molecule has 1 heterocycles. The maximum Gasteiger partial charge on any atom is 0.418 e. The number of carbonyl (C=O) groups excluding carboxylic acids is 1. The highest BCUT2D eigenvalue weighted by Gasteiger charge is 2.34. The van der Waals surface area contributed by atoms with Crippen molar-refractivity contribution in [2.24, 2.45) is 0 Å². The van der Waals surface area contributed by atoms with Crippen LogP contribution < -0.4 is 19.1 Å². The van der Waals surface area contributed by atoms with Crippen molar-refractivity contribution in [3.63, 3.8) is 0 Å². The highest BCUT2D eigenvalue weighted by atomic mass is 32.2. The van der Waals surface area contributed by atoms with Crippen LogP contribution in [0.25, 0.3) is 0 Å². The van der Waals surface area contributed by atoms with Gasteiger partial charge in [-0.25, -0.2) is 12.8 Å². The van der Waals surface area contributed by atoms with E-state index in [1.807, 2.05) is 0 Å². The molecule has 184 valence electrons. The number of para-hydroxylation sites is 1. The topological polar surface area (TPSA) is 84.9 Å². The summed E-state index contributed by atoms with van der Waals surface area (Å²) in [4.78, 5) is 12.5. The molecule has 1 aliphatic heterocycles. The van der Waals surface area contributed by atoms with Crippen LogP contribution >= 0.6 is 0 Å². The van der Waals surface area contributed by atoms with Gasteiger partial charge in [0.15, 0.2) is 11.5 Å². The van der Waals surface area contributed by atoms with E-state index >= 15 is 0 Å². The molecule has 0 unspecified atom stereocenters. The van der Waals surface area contributed by atoms with E-state index in [-0.39, 0.29) is 22.9 Å². The standard InChI is InChI=1S/C23H18F4N2O5S/c24-15-5-7-16(8-6-15)29(14-22(30)28-19-4-2-1-3-18(19)23(25,26)27)35(31,32)17-9-10-20-21(13-17)34-12-11-33-20/h1-10,13H,11-12,14H2,(H,28,30). The van der Waals surface area contributed by atoms with Crippen LogP contribution in [0.15, 0.2) is 71.6 Å². The lowest BCUT2D eigenvalue weighted by atomic mass is 10.1. The number of amides is 1. The third kappa shape index (κ3) is 5.32. The summed E-state index contributed by atoms with van der Waals surface area (Å²) in [5, 5.41) is 2.12. The van der Waals surface area contributed by atoms with E-state index in [2.05, 4.69) is 5.32 Å². The first-order chi connectivity index (χ1) is 16.6. The number of benzene rings is 3. The molecule has 0 atom stereocenters. The molecule has 3 aromatic carbocycles. The summed E-state index contributed by atoms with van der Waals surface area (Å²) < 4.78 is 91.8. The second kappa shape index (κ2) is 9.45. The molecule has 1 amide bonds. The van der Waals surface area contributed by atoms with Crippen molar-refractivity contribution in [3.8, 4) is 11.5 Å². The van der Waals surface area contributed by atoms with Gasteiger partial charge in [0.2, 0.25) is 5.91 Å². The first kappa shape index (κ1) is 24.3. The second-order valence-electron chi connectivity index (χ2n) is 7.39. The fourth-order valence-corrected chi connectivity index (χ4v) is 4.83. The van der Waals surface area contributed by atoms with E-state index in [4.69, 9.17) is 9.47 Å². The third-order valence-electron chi connectivity index (χ3n) is 5.01. The number of halogens is 4. The van der Waals surface area contributed by atoms with Gasteiger partial charge in [-0.15, -0.1) is 0 Å². The number of carbonyl (C=O) groups is 1. The van der Waals surface area contributed by atoms with Gasteiger partial charge in [0.25, 0.3) is 10.0 Å². The van der Waals surface area contributed by atoms with E-state index in [0.717, 1.165) is 42.5 Å². The van der Waals surface area contributed by atoms with Gasteiger partial charge in [0.05, 0.1) is 21.8 Å². The van der Waals surface area contributed by atoms with Gasteiger partial charge in [-0.05, 0) is 48.5 Å². The van der Waals surface area contributed by atoms with Gasteiger partial charge in [-0.1, -0.05) is 12.1 Å². The lowest BCUT2D eigenvalue weighted by Gasteiger charge is -2.25. The molecule has 0 bridgehead atoms. The van der Waals surface area contributed by atoms with Gasteiger partial charge >= 0.3 is 6.18 Å². The Hall–Kier alpha value is -3.80. The van der Waals surface area contributed by atoms with Crippen LogP contribution in [-0.4, -0.2) is 34.1 Å². The van der Waals surface area contributed by atoms with Gasteiger partial charge in [-0.3, -0.25) is 9.10 Å². The number of hydrogen-bond donors (Lipinski definition) is 1. The monoisotopic (exact) mass is 510 g/mol. The van der Waals surface area contributed by atoms with E-state index in [9.17, 15) is 30.8 Å². The molecule has 0 aromatic heterocycles. The van der Waals surface area contributed by atoms with Crippen molar-refractivity contribution >= 4 is 27.3 Å². The summed E-state index contributed by atoms with van der Waals surface area (Å²) in [6.07, 6.45) is -4.74. The molecule has 1 aliphatic rings. The van der Waals surface area contributed by atoms with Gasteiger partial charge in [-0.2, -0.15) is 13.2 Å². The average Bonchev–Trinajstić information content (AvgIpc) is 2.82. The number of ether oxygens (including phenoxy) is 2. The third-order valence-corrected chi connectivity index (χ3v) is 6.78. The first-order valence-electron chi connectivity index (χ1n) is 10.2. The maximum atomic E-state index is 13.5. The molecule has 0 spiro atoms. The zero-order chi connectivity index (χ0) is 25.2. The molecule has 0 aliphatic carbocycles. The Morgan fingerprint density at radius 1 is 0.943 bits per heavy atom. The summed E-state index contributed by atoms with van der Waals surface area (Å²) in [6.45, 7) is -0.381. The summed E-state index contributed by atoms with van der Waals surface area (Å²) in [5.41, 5.74) is -1.68. The number of nitrogens with one attached hydrogen (secondary N) is 1. The smallest absolute Gasteiger partial charge is 0.418 e. The van der Waals surface area contributed by atoms with Crippen LogP contribution in [0.1, 0.15) is 5.56 Å². The van der Waals surface area contributed by atoms with Crippen LogP contribution in [0.5, 0.6) is 11.5 Å². The molecule has 35 heavy (non-hydrogen) atoms. The average molecular weight is 510 g/mol. The molecule has 4 rings (SSSR count). The van der Waals surface area contributed by atoms with Crippen LogP contribution in [0.3, 0.4) is 0 Å². The fraction of sp³-hybridized carbons (Fsp3) is 0.174. The lowest BCUT2D eigenvalue weighted by Crippen LogP contribution is -2.38. The fourth-order valence-electron chi connectivity index (χ4n) is 3.39. The SMILES string of the molecule is O=C(CN(c1ccc(F)cc1)S(=O)(=O)c1ccc2c(c1)OCCO2)Nc1ccccc1C(F)(F)F. The molecular weight excluding hydrogens is 492 g/mol. The summed E-state index contributed by atoms with van der Waals surface area (Å²) in [5.74, 6) is -1.16. The maximum absolute atomic E-state index is 13.5. The first-order valence-corrected chi connectivity index (χ1v) is 11.6. The minimum Gasteiger partial charge on any atom is -0.486 e. The Kier molecular flexibility index (Phi) is 6.57. The number of nitrogens with zero attached hydrogens (tertiary/aromatic N) is 1. The lowest BCUT2D eigenvalue weighted by molar-refractivity contribution is -0.137. The highest BCUT2D eigenvalue weighted by Crippen LogP contribution is 2.36. The summed E-state index contributed by atoms with van der Waals surface area (Å²) >= 11 is 0. The Bertz CT molecular complexity index is 1340. The number of anilines is 2. The van der Waals surface area contributed by atoms with Crippen LogP contribution in [0.2, 0.25) is 0 Å². The van der Waals surface area contributed by atoms with Crippen molar-refractivity contribution in [2.45, 2.75) is 11.1 Å². The molecule has 0 radical (unpaired) electrons. The normalized spacial score (nSPS) is 13.3. The molecule has 12 heteroatoms. The molecule has 0 fully saturated rings. The number of sulfonamides is 1. The zero-order valence-corrected chi connectivity index (χ0v) is 18.7. The largest absolute Gasteiger partial charge is 0.486 e. The van der Waals surface area contributed by atoms with Gasteiger partial charge in [0.1, 0.15) is 25.6 Å². The van der Waals surface area contributed by atoms with Crippen molar-refractivity contribution < 1.29 is 40.2 Å². The Morgan fingerprint density at radius 3 is 2.29 bits per heavy atom. The molecular formula is C23H18F4N2O5S. The van der Waals surface area contributed by atoms with Crippen molar-refractivity contribution in [2.75, 3.05) is 29.4 Å². The second-order valence-corrected chi connectivity index (χ2v) is 9.25. The Labute approximate surface area is 197 Å². The minimum absolute atomic E-state index is 0.0689. The van der Waals surface area contributed by atoms with Crippen molar-refractivity contribution in [1.82, 2.24) is 0 Å². The Morgan fingerprint density at radius 2 is 1.60 bits per heavy atom. The minimum atomic E-state index is -4.74. The summed E-state index contributed by atoms with van der Waals surface area (Å²) in [7, 11) is -4.43. The molecule has 1 N–H and O–H groups in total. The predicted molar refractivity (Wildman–Crippen MR) is 118 cm³/mol. The molecule has 0 saturated carbocycles. The van der Waals surface area contributed by atoms with Crippen LogP contribution in [0.4, 0.5) is 28.9 Å². The van der Waals surface area contributed by atoms with Crippen molar-refractivity contribution in [1.29, 1.82) is 0 Å². The van der Waals surface area contributed by atoms with E-state index < -0.39 is 45.7 Å². The number of alkyl halides is 3. The van der Waals surface area contributed by atoms with Crippen LogP contribution in [0, 0.1) is 5.82 Å². The Balaban J connectivity index is 1.68. The molecule has 0 saturated heterocycles. The number of fused-ring (bicyclic) bond motifs is 1. The van der Waals surface area contributed by atoms with Crippen molar-refractivity contribution in [3.05, 3.63) is 78.1 Å². The number of rotatable bonds is 6. The highest BCUT2D eigenvalue weighted by molar-refractivity contribution is 7.92.